The second-order valence-corrected chi connectivity index (χ2v) is 15.7. The Balaban J connectivity index is 1.99. The lowest BCUT2D eigenvalue weighted by atomic mass is 9.91. The third-order valence-electron chi connectivity index (χ3n) is 7.46. The van der Waals surface area contributed by atoms with Crippen molar-refractivity contribution >= 4 is 14.3 Å². The van der Waals surface area contributed by atoms with Crippen LogP contribution >= 0.6 is 0 Å². The van der Waals surface area contributed by atoms with E-state index in [1.807, 2.05) is 0 Å². The molecule has 0 radical (unpaired) electrons. The van der Waals surface area contributed by atoms with Crippen molar-refractivity contribution < 1.29 is 28.5 Å². The van der Waals surface area contributed by atoms with E-state index < -0.39 is 14.4 Å². The maximum atomic E-state index is 11.2. The molecule has 0 aromatic heterocycles. The van der Waals surface area contributed by atoms with Gasteiger partial charge in [0.25, 0.3) is 0 Å². The van der Waals surface area contributed by atoms with Gasteiger partial charge in [-0.15, -0.1) is 0 Å². The lowest BCUT2D eigenvalue weighted by molar-refractivity contribution is -0.197. The fourth-order valence-electron chi connectivity index (χ4n) is 4.24. The van der Waals surface area contributed by atoms with E-state index in [1.54, 1.807) is 0 Å². The number of ether oxygens (including phenoxy) is 3. The van der Waals surface area contributed by atoms with E-state index in [0.29, 0.717) is 19.4 Å². The fourth-order valence-corrected chi connectivity index (χ4v) is 5.28. The Labute approximate surface area is 196 Å². The highest BCUT2D eigenvalue weighted by Gasteiger charge is 2.46. The summed E-state index contributed by atoms with van der Waals surface area (Å²) in [6.07, 6.45) is 10.2. The first kappa shape index (κ1) is 27.5. The highest BCUT2D eigenvalue weighted by Crippen LogP contribution is 2.42. The Hall–Kier alpha value is -0.733. The summed E-state index contributed by atoms with van der Waals surface area (Å²) < 4.78 is 23.5. The minimum atomic E-state index is -1.90. The number of hydrogen-bond donors (Lipinski definition) is 1. The average Bonchev–Trinajstić information content (AvgIpc) is 3.02. The zero-order chi connectivity index (χ0) is 23.8. The molecule has 1 N–H and O–H groups in total. The molecule has 0 amide bonds. The lowest BCUT2D eigenvalue weighted by Crippen LogP contribution is -2.44. The summed E-state index contributed by atoms with van der Waals surface area (Å²) in [4.78, 5) is 11.2. The van der Waals surface area contributed by atoms with Gasteiger partial charge >= 0.3 is 5.97 Å². The minimum Gasteiger partial charge on any atom is -0.469 e. The molecule has 5 atom stereocenters. The number of carbonyl (C=O) groups excluding carboxylic acids is 1. The molecule has 2 aliphatic rings. The lowest BCUT2D eigenvalue weighted by Gasteiger charge is -2.38. The molecule has 1 heterocycles. The van der Waals surface area contributed by atoms with Gasteiger partial charge in [0.2, 0.25) is 0 Å². The molecule has 0 aromatic carbocycles. The number of hydrogen-bond acceptors (Lipinski definition) is 6. The molecule has 1 unspecified atom stereocenters. The summed E-state index contributed by atoms with van der Waals surface area (Å²) in [5.41, 5.74) is 0. The van der Waals surface area contributed by atoms with E-state index in [0.717, 1.165) is 45.1 Å². The Morgan fingerprint density at radius 1 is 1.19 bits per heavy atom. The Bertz CT molecular complexity index is 594. The average molecular weight is 471 g/mol. The van der Waals surface area contributed by atoms with E-state index in [1.165, 1.54) is 7.11 Å². The molecule has 2 fully saturated rings. The maximum Gasteiger partial charge on any atom is 0.305 e. The van der Waals surface area contributed by atoms with Crippen molar-refractivity contribution in [3.63, 3.8) is 0 Å². The second kappa shape index (κ2) is 12.7. The Morgan fingerprint density at radius 3 is 2.56 bits per heavy atom. The van der Waals surface area contributed by atoms with Crippen molar-refractivity contribution in [2.75, 3.05) is 20.3 Å². The van der Waals surface area contributed by atoms with Crippen LogP contribution in [0.4, 0.5) is 0 Å². The van der Waals surface area contributed by atoms with Gasteiger partial charge in [0.15, 0.2) is 14.6 Å². The molecule has 1 saturated carbocycles. The molecule has 32 heavy (non-hydrogen) atoms. The highest BCUT2D eigenvalue weighted by molar-refractivity contribution is 6.74. The summed E-state index contributed by atoms with van der Waals surface area (Å²) >= 11 is 0. The molecule has 1 aliphatic carbocycles. The van der Waals surface area contributed by atoms with E-state index in [9.17, 15) is 9.90 Å². The van der Waals surface area contributed by atoms with Crippen LogP contribution in [0.3, 0.4) is 0 Å². The smallest absolute Gasteiger partial charge is 0.305 e. The van der Waals surface area contributed by atoms with Crippen LogP contribution in [0, 0.1) is 11.8 Å². The van der Waals surface area contributed by atoms with Gasteiger partial charge in [0, 0.05) is 32.0 Å². The van der Waals surface area contributed by atoms with Crippen LogP contribution in [-0.4, -0.2) is 58.2 Å². The summed E-state index contributed by atoms with van der Waals surface area (Å²) in [5, 5.41) is 11.0. The summed E-state index contributed by atoms with van der Waals surface area (Å²) in [5.74, 6) is 0.0759. The highest BCUT2D eigenvalue weighted by atomic mass is 28.4. The van der Waals surface area contributed by atoms with Crippen LogP contribution in [0.15, 0.2) is 12.2 Å². The van der Waals surface area contributed by atoms with Gasteiger partial charge in [-0.3, -0.25) is 4.79 Å². The maximum absolute atomic E-state index is 11.2. The van der Waals surface area contributed by atoms with Gasteiger partial charge in [-0.2, -0.15) is 0 Å². The van der Waals surface area contributed by atoms with Crippen LogP contribution < -0.4 is 0 Å². The molecule has 7 heteroatoms. The monoisotopic (exact) mass is 470 g/mol. The SMILES string of the molecule is COC(=O)CCC/C=C\C[C@H]1[C@H](CO[Si](C)(C)C(C)(C)C)[C@@H](OC2CCCCO2)C[C@H]1O. The van der Waals surface area contributed by atoms with Crippen molar-refractivity contribution in [2.45, 2.75) is 109 Å². The normalized spacial score (nSPS) is 29.5. The van der Waals surface area contributed by atoms with Gasteiger partial charge in [0.1, 0.15) is 0 Å². The van der Waals surface area contributed by atoms with Crippen molar-refractivity contribution in [3.05, 3.63) is 12.2 Å². The summed E-state index contributed by atoms with van der Waals surface area (Å²) in [7, 11) is -0.480. The topological polar surface area (TPSA) is 74.2 Å². The number of carbonyl (C=O) groups is 1. The predicted molar refractivity (Wildman–Crippen MR) is 129 cm³/mol. The molecular formula is C25H46O6Si. The van der Waals surface area contributed by atoms with Crippen LogP contribution in [0.25, 0.3) is 0 Å². The molecule has 0 aromatic rings. The van der Waals surface area contributed by atoms with E-state index in [-0.39, 0.29) is 35.2 Å². The van der Waals surface area contributed by atoms with Crippen LogP contribution in [0.5, 0.6) is 0 Å². The first-order valence-electron chi connectivity index (χ1n) is 12.4. The Morgan fingerprint density at radius 2 is 1.94 bits per heavy atom. The van der Waals surface area contributed by atoms with Crippen LogP contribution in [0.2, 0.25) is 18.1 Å². The fraction of sp³-hybridized carbons (Fsp3) is 0.880. The van der Waals surface area contributed by atoms with Crippen LogP contribution in [-0.2, 0) is 23.4 Å². The Kier molecular flexibility index (Phi) is 10.9. The third kappa shape index (κ3) is 8.24. The van der Waals surface area contributed by atoms with Gasteiger partial charge in [-0.05, 0) is 62.6 Å². The third-order valence-corrected chi connectivity index (χ3v) is 12.0. The van der Waals surface area contributed by atoms with E-state index in [2.05, 4.69) is 50.8 Å². The summed E-state index contributed by atoms with van der Waals surface area (Å²) in [6, 6.07) is 0. The van der Waals surface area contributed by atoms with Gasteiger partial charge in [0.05, 0.1) is 19.3 Å². The largest absolute Gasteiger partial charge is 0.469 e. The molecular weight excluding hydrogens is 424 g/mol. The molecule has 6 nitrogen and oxygen atoms in total. The predicted octanol–water partition coefficient (Wildman–Crippen LogP) is 5.21. The van der Waals surface area contributed by atoms with Crippen molar-refractivity contribution in [2.24, 2.45) is 11.8 Å². The number of methoxy groups -OCH3 is 1. The van der Waals surface area contributed by atoms with Gasteiger partial charge < -0.3 is 23.7 Å². The standard InChI is InChI=1S/C25H46O6Si/c1-25(2,3)32(5,6)30-18-20-19(13-9-7-8-10-14-23(27)28-4)21(26)17-22(20)31-24-15-11-12-16-29-24/h7,9,19-22,24,26H,8,10-18H2,1-6H3/b9-7-/t19-,20-,21+,22-,24?/m0/s1. The van der Waals surface area contributed by atoms with E-state index in [4.69, 9.17) is 13.9 Å². The van der Waals surface area contributed by atoms with Crippen LogP contribution in [0.1, 0.15) is 72.1 Å². The quantitative estimate of drug-likeness (QED) is 0.193. The van der Waals surface area contributed by atoms with Gasteiger partial charge in [-0.1, -0.05) is 32.9 Å². The second-order valence-electron chi connectivity index (χ2n) is 10.8. The molecule has 1 aliphatic heterocycles. The zero-order valence-electron chi connectivity index (χ0n) is 21.1. The number of esters is 1. The molecule has 0 bridgehead atoms. The number of allylic oxidation sites excluding steroid dienone is 2. The minimum absolute atomic E-state index is 0.0457. The summed E-state index contributed by atoms with van der Waals surface area (Å²) in [6.45, 7) is 12.7. The number of rotatable bonds is 11. The van der Waals surface area contributed by atoms with Crippen molar-refractivity contribution in [1.29, 1.82) is 0 Å². The number of aliphatic hydroxyl groups excluding tert-OH is 1. The number of aliphatic hydroxyl groups is 1. The van der Waals surface area contributed by atoms with E-state index >= 15 is 0 Å². The molecule has 0 spiro atoms. The molecule has 186 valence electrons. The first-order chi connectivity index (χ1) is 15.0. The first-order valence-corrected chi connectivity index (χ1v) is 15.3. The molecule has 2 rings (SSSR count). The van der Waals surface area contributed by atoms with Crippen molar-refractivity contribution in [3.8, 4) is 0 Å². The zero-order valence-corrected chi connectivity index (χ0v) is 22.1. The van der Waals surface area contributed by atoms with Gasteiger partial charge in [-0.25, -0.2) is 0 Å². The molecule has 1 saturated heterocycles. The van der Waals surface area contributed by atoms with Crippen molar-refractivity contribution in [1.82, 2.24) is 0 Å². The number of unbranched alkanes of at least 4 members (excludes halogenated alkanes) is 1.